The third kappa shape index (κ3) is 3.70. The van der Waals surface area contributed by atoms with Gasteiger partial charge < -0.3 is 10.0 Å². The van der Waals surface area contributed by atoms with Crippen LogP contribution in [0, 0.1) is 0 Å². The van der Waals surface area contributed by atoms with Crippen molar-refractivity contribution in [2.45, 2.75) is 31.8 Å². The van der Waals surface area contributed by atoms with E-state index >= 15 is 0 Å². The molecule has 0 bridgehead atoms. The first-order valence-corrected chi connectivity index (χ1v) is 7.96. The summed E-state index contributed by atoms with van der Waals surface area (Å²) in [7, 11) is 0. The fraction of sp³-hybridized carbons (Fsp3) is 0.400. The lowest BCUT2D eigenvalue weighted by Gasteiger charge is -2.22. The van der Waals surface area contributed by atoms with E-state index in [0.29, 0.717) is 23.8 Å². The van der Waals surface area contributed by atoms with Gasteiger partial charge in [0.15, 0.2) is 0 Å². The van der Waals surface area contributed by atoms with Crippen LogP contribution in [0.15, 0.2) is 24.3 Å². The van der Waals surface area contributed by atoms with Crippen molar-refractivity contribution in [3.63, 3.8) is 0 Å². The van der Waals surface area contributed by atoms with Crippen LogP contribution in [0.5, 0.6) is 0 Å². The molecule has 9 heteroatoms. The van der Waals surface area contributed by atoms with E-state index in [1.807, 2.05) is 0 Å². The first-order chi connectivity index (χ1) is 11.5. The number of tetrazole rings is 1. The Labute approximate surface area is 143 Å². The zero-order valence-corrected chi connectivity index (χ0v) is 13.6. The summed E-state index contributed by atoms with van der Waals surface area (Å²) in [6.45, 7) is 0.506. The van der Waals surface area contributed by atoms with Crippen LogP contribution in [-0.2, 0) is 16.1 Å². The van der Waals surface area contributed by atoms with Gasteiger partial charge in [0.25, 0.3) is 0 Å². The Morgan fingerprint density at radius 3 is 2.75 bits per heavy atom. The molecule has 1 saturated heterocycles. The van der Waals surface area contributed by atoms with Crippen molar-refractivity contribution in [1.82, 2.24) is 25.1 Å². The van der Waals surface area contributed by atoms with Gasteiger partial charge in [-0.15, -0.1) is 10.2 Å². The summed E-state index contributed by atoms with van der Waals surface area (Å²) in [5, 5.41) is 21.6. The molecule has 1 N–H and O–H groups in total. The molecule has 24 heavy (non-hydrogen) atoms. The van der Waals surface area contributed by atoms with Gasteiger partial charge in [-0.25, -0.2) is 0 Å². The Bertz CT molecular complexity index is 746. The van der Waals surface area contributed by atoms with Gasteiger partial charge in [-0.3, -0.25) is 9.59 Å². The molecule has 0 radical (unpaired) electrons. The van der Waals surface area contributed by atoms with E-state index in [-0.39, 0.29) is 24.9 Å². The number of amides is 1. The molecule has 0 saturated carbocycles. The van der Waals surface area contributed by atoms with E-state index in [4.69, 9.17) is 16.7 Å². The van der Waals surface area contributed by atoms with Crippen molar-refractivity contribution in [2.24, 2.45) is 0 Å². The number of likely N-dealkylation sites (tertiary alicyclic amines) is 1. The SMILES string of the molecule is O=C(O)CC1CCCN1C(=O)Cn1nnc(-c2ccc(Cl)cc2)n1. The molecule has 1 fully saturated rings. The highest BCUT2D eigenvalue weighted by atomic mass is 35.5. The van der Waals surface area contributed by atoms with Crippen molar-refractivity contribution in [3.05, 3.63) is 29.3 Å². The summed E-state index contributed by atoms with van der Waals surface area (Å²) < 4.78 is 0. The molecule has 1 aliphatic heterocycles. The Kier molecular flexibility index (Phi) is 4.75. The first kappa shape index (κ1) is 16.4. The molecule has 0 spiro atoms. The van der Waals surface area contributed by atoms with Gasteiger partial charge in [-0.05, 0) is 42.3 Å². The Balaban J connectivity index is 1.67. The largest absolute Gasteiger partial charge is 0.481 e. The van der Waals surface area contributed by atoms with Crippen LogP contribution >= 0.6 is 11.6 Å². The molecule has 1 aromatic heterocycles. The number of rotatable bonds is 5. The fourth-order valence-corrected chi connectivity index (χ4v) is 2.94. The van der Waals surface area contributed by atoms with Gasteiger partial charge in [0.2, 0.25) is 11.7 Å². The van der Waals surface area contributed by atoms with Gasteiger partial charge in [0, 0.05) is 23.2 Å². The number of hydrogen-bond acceptors (Lipinski definition) is 5. The Morgan fingerprint density at radius 1 is 1.29 bits per heavy atom. The van der Waals surface area contributed by atoms with Gasteiger partial charge in [0.05, 0.1) is 6.42 Å². The number of carbonyl (C=O) groups is 2. The Morgan fingerprint density at radius 2 is 2.04 bits per heavy atom. The predicted octanol–water partition coefficient (Wildman–Crippen LogP) is 1.46. The standard InChI is InChI=1S/C15H16ClN5O3/c16-11-5-3-10(4-6-11)15-17-19-21(18-15)9-13(22)20-7-1-2-12(20)8-14(23)24/h3-6,12H,1-2,7-9H2,(H,23,24). The summed E-state index contributed by atoms with van der Waals surface area (Å²) in [4.78, 5) is 26.1. The van der Waals surface area contributed by atoms with Crippen molar-refractivity contribution >= 4 is 23.5 Å². The van der Waals surface area contributed by atoms with E-state index in [9.17, 15) is 9.59 Å². The van der Waals surface area contributed by atoms with Gasteiger partial charge in [-0.1, -0.05) is 11.6 Å². The molecule has 1 aromatic carbocycles. The van der Waals surface area contributed by atoms with E-state index in [2.05, 4.69) is 15.4 Å². The molecule has 2 heterocycles. The minimum Gasteiger partial charge on any atom is -0.481 e. The minimum absolute atomic E-state index is 0.0352. The smallest absolute Gasteiger partial charge is 0.305 e. The van der Waals surface area contributed by atoms with E-state index in [1.165, 1.54) is 4.80 Å². The second kappa shape index (κ2) is 6.96. The molecular weight excluding hydrogens is 334 g/mol. The third-order valence-corrected chi connectivity index (χ3v) is 4.19. The highest BCUT2D eigenvalue weighted by Gasteiger charge is 2.30. The molecule has 3 rings (SSSR count). The van der Waals surface area contributed by atoms with Crippen molar-refractivity contribution in [2.75, 3.05) is 6.54 Å². The molecule has 1 amide bonds. The molecular formula is C15H16ClN5O3. The number of halogens is 1. The molecule has 8 nitrogen and oxygen atoms in total. The van der Waals surface area contributed by atoms with Gasteiger partial charge >= 0.3 is 5.97 Å². The van der Waals surface area contributed by atoms with Crippen molar-refractivity contribution < 1.29 is 14.7 Å². The average Bonchev–Trinajstić information content (AvgIpc) is 3.17. The minimum atomic E-state index is -0.899. The summed E-state index contributed by atoms with van der Waals surface area (Å²) in [5.74, 6) is -0.689. The zero-order valence-electron chi connectivity index (χ0n) is 12.8. The number of aliphatic carboxylic acids is 1. The molecule has 1 atom stereocenters. The van der Waals surface area contributed by atoms with Crippen molar-refractivity contribution in [3.8, 4) is 11.4 Å². The molecule has 2 aromatic rings. The highest BCUT2D eigenvalue weighted by molar-refractivity contribution is 6.30. The van der Waals surface area contributed by atoms with Crippen LogP contribution in [-0.4, -0.2) is 54.7 Å². The summed E-state index contributed by atoms with van der Waals surface area (Å²) in [5.41, 5.74) is 0.753. The topological polar surface area (TPSA) is 101 Å². The second-order valence-electron chi connectivity index (χ2n) is 5.63. The monoisotopic (exact) mass is 349 g/mol. The van der Waals surface area contributed by atoms with Crippen LogP contribution in [0.3, 0.4) is 0 Å². The lowest BCUT2D eigenvalue weighted by molar-refractivity contribution is -0.140. The number of nitrogens with zero attached hydrogens (tertiary/aromatic N) is 5. The third-order valence-electron chi connectivity index (χ3n) is 3.94. The van der Waals surface area contributed by atoms with Crippen molar-refractivity contribution in [1.29, 1.82) is 0 Å². The first-order valence-electron chi connectivity index (χ1n) is 7.58. The summed E-state index contributed by atoms with van der Waals surface area (Å²) in [6, 6.07) is 6.74. The Hall–Kier alpha value is -2.48. The number of carboxylic acid groups (broad SMARTS) is 1. The van der Waals surface area contributed by atoms with Crippen LogP contribution in [0.25, 0.3) is 11.4 Å². The molecule has 126 valence electrons. The van der Waals surface area contributed by atoms with E-state index < -0.39 is 5.97 Å². The highest BCUT2D eigenvalue weighted by Crippen LogP contribution is 2.21. The number of carboxylic acids is 1. The van der Waals surface area contributed by atoms with Crippen LogP contribution in [0.2, 0.25) is 5.02 Å². The van der Waals surface area contributed by atoms with Gasteiger partial charge in [-0.2, -0.15) is 4.80 Å². The van der Waals surface area contributed by atoms with E-state index in [1.54, 1.807) is 29.2 Å². The maximum atomic E-state index is 12.4. The van der Waals surface area contributed by atoms with Crippen LogP contribution < -0.4 is 0 Å². The summed E-state index contributed by atoms with van der Waals surface area (Å²) in [6.07, 6.45) is 1.48. The van der Waals surface area contributed by atoms with Gasteiger partial charge in [0.1, 0.15) is 6.54 Å². The predicted molar refractivity (Wildman–Crippen MR) is 85.3 cm³/mol. The lowest BCUT2D eigenvalue weighted by Crippen LogP contribution is -2.39. The second-order valence-corrected chi connectivity index (χ2v) is 6.07. The molecule has 1 aliphatic rings. The number of hydrogen-bond donors (Lipinski definition) is 1. The molecule has 1 unspecified atom stereocenters. The summed E-state index contributed by atoms with van der Waals surface area (Å²) >= 11 is 5.84. The normalized spacial score (nSPS) is 17.2. The van der Waals surface area contributed by atoms with Crippen LogP contribution in [0.1, 0.15) is 19.3 Å². The van der Waals surface area contributed by atoms with E-state index in [0.717, 1.165) is 12.0 Å². The fourth-order valence-electron chi connectivity index (χ4n) is 2.81. The average molecular weight is 350 g/mol. The van der Waals surface area contributed by atoms with Crippen LogP contribution in [0.4, 0.5) is 0 Å². The zero-order chi connectivity index (χ0) is 17.1. The quantitative estimate of drug-likeness (QED) is 0.876. The number of carbonyl (C=O) groups excluding carboxylic acids is 1. The number of benzene rings is 1. The molecule has 0 aliphatic carbocycles. The number of aromatic nitrogens is 4. The maximum absolute atomic E-state index is 12.4. The maximum Gasteiger partial charge on any atom is 0.305 e. The lowest BCUT2D eigenvalue weighted by atomic mass is 10.1.